The molecule has 0 aliphatic rings. The SMILES string of the molecule is CC(C)OCCN(C)c1cccc(N)n1. The molecule has 2 N–H and O–H groups in total. The summed E-state index contributed by atoms with van der Waals surface area (Å²) in [7, 11) is 1.98. The van der Waals surface area contributed by atoms with Crippen molar-refractivity contribution in [1.29, 1.82) is 0 Å². The first-order chi connectivity index (χ1) is 7.09. The van der Waals surface area contributed by atoms with Crippen molar-refractivity contribution in [3.05, 3.63) is 18.2 Å². The van der Waals surface area contributed by atoms with Gasteiger partial charge in [0.1, 0.15) is 11.6 Å². The zero-order valence-corrected chi connectivity index (χ0v) is 9.60. The first kappa shape index (κ1) is 11.8. The van der Waals surface area contributed by atoms with E-state index in [1.165, 1.54) is 0 Å². The third-order valence-electron chi connectivity index (χ3n) is 2.02. The quantitative estimate of drug-likeness (QED) is 0.799. The van der Waals surface area contributed by atoms with Crippen LogP contribution in [0.2, 0.25) is 0 Å². The first-order valence-electron chi connectivity index (χ1n) is 5.15. The molecule has 0 radical (unpaired) electrons. The van der Waals surface area contributed by atoms with Crippen molar-refractivity contribution in [2.24, 2.45) is 0 Å². The Morgan fingerprint density at radius 1 is 1.47 bits per heavy atom. The highest BCUT2D eigenvalue weighted by atomic mass is 16.5. The Bertz CT molecular complexity index is 302. The van der Waals surface area contributed by atoms with Gasteiger partial charge >= 0.3 is 0 Å². The van der Waals surface area contributed by atoms with E-state index >= 15 is 0 Å². The zero-order chi connectivity index (χ0) is 11.3. The minimum absolute atomic E-state index is 0.271. The summed E-state index contributed by atoms with van der Waals surface area (Å²) in [6.45, 7) is 5.57. The molecule has 0 fully saturated rings. The van der Waals surface area contributed by atoms with Crippen LogP contribution in [0, 0.1) is 0 Å². The Hall–Kier alpha value is -1.29. The maximum Gasteiger partial charge on any atom is 0.130 e. The van der Waals surface area contributed by atoms with E-state index in [1.807, 2.05) is 37.9 Å². The smallest absolute Gasteiger partial charge is 0.130 e. The van der Waals surface area contributed by atoms with Gasteiger partial charge in [-0.2, -0.15) is 0 Å². The van der Waals surface area contributed by atoms with Crippen LogP contribution in [0.4, 0.5) is 11.6 Å². The molecule has 84 valence electrons. The molecule has 0 aliphatic carbocycles. The van der Waals surface area contributed by atoms with Gasteiger partial charge in [-0.15, -0.1) is 0 Å². The molecular weight excluding hydrogens is 190 g/mol. The fraction of sp³-hybridized carbons (Fsp3) is 0.545. The highest BCUT2D eigenvalue weighted by molar-refractivity contribution is 5.43. The lowest BCUT2D eigenvalue weighted by molar-refractivity contribution is 0.0845. The topological polar surface area (TPSA) is 51.4 Å². The average Bonchev–Trinajstić information content (AvgIpc) is 2.17. The summed E-state index contributed by atoms with van der Waals surface area (Å²) >= 11 is 0. The molecular formula is C11H19N3O. The summed E-state index contributed by atoms with van der Waals surface area (Å²) in [5.74, 6) is 1.42. The van der Waals surface area contributed by atoms with Crippen LogP contribution in [-0.2, 0) is 4.74 Å². The van der Waals surface area contributed by atoms with Crippen molar-refractivity contribution in [1.82, 2.24) is 4.98 Å². The number of likely N-dealkylation sites (N-methyl/N-ethyl adjacent to an activating group) is 1. The van der Waals surface area contributed by atoms with Gasteiger partial charge in [0.05, 0.1) is 12.7 Å². The monoisotopic (exact) mass is 209 g/mol. The van der Waals surface area contributed by atoms with Crippen LogP contribution in [0.5, 0.6) is 0 Å². The molecule has 0 atom stereocenters. The Labute approximate surface area is 91.1 Å². The van der Waals surface area contributed by atoms with Crippen molar-refractivity contribution in [2.75, 3.05) is 30.8 Å². The van der Waals surface area contributed by atoms with Gasteiger partial charge in [0.15, 0.2) is 0 Å². The van der Waals surface area contributed by atoms with Crippen molar-refractivity contribution < 1.29 is 4.74 Å². The predicted octanol–water partition coefficient (Wildman–Crippen LogP) is 1.53. The molecule has 0 saturated heterocycles. The van der Waals surface area contributed by atoms with Crippen LogP contribution in [-0.4, -0.2) is 31.3 Å². The van der Waals surface area contributed by atoms with Crippen LogP contribution in [0.1, 0.15) is 13.8 Å². The molecule has 0 bridgehead atoms. The number of nitrogens with zero attached hydrogens (tertiary/aromatic N) is 2. The van der Waals surface area contributed by atoms with Gasteiger partial charge in [-0.05, 0) is 26.0 Å². The minimum Gasteiger partial charge on any atom is -0.384 e. The van der Waals surface area contributed by atoms with Gasteiger partial charge in [0, 0.05) is 13.6 Å². The number of anilines is 2. The third-order valence-corrected chi connectivity index (χ3v) is 2.02. The van der Waals surface area contributed by atoms with Crippen LogP contribution >= 0.6 is 0 Å². The highest BCUT2D eigenvalue weighted by Crippen LogP contribution is 2.10. The van der Waals surface area contributed by atoms with Crippen molar-refractivity contribution in [2.45, 2.75) is 20.0 Å². The number of rotatable bonds is 5. The molecule has 1 aromatic heterocycles. The largest absolute Gasteiger partial charge is 0.384 e. The molecule has 15 heavy (non-hydrogen) atoms. The molecule has 0 saturated carbocycles. The van der Waals surface area contributed by atoms with Gasteiger partial charge in [-0.25, -0.2) is 4.98 Å². The molecule has 0 aliphatic heterocycles. The van der Waals surface area contributed by atoms with Crippen molar-refractivity contribution in [3.8, 4) is 0 Å². The molecule has 1 aromatic rings. The minimum atomic E-state index is 0.271. The summed E-state index contributed by atoms with van der Waals surface area (Å²) < 4.78 is 5.46. The summed E-state index contributed by atoms with van der Waals surface area (Å²) in [5, 5.41) is 0. The summed E-state index contributed by atoms with van der Waals surface area (Å²) in [4.78, 5) is 6.25. The Morgan fingerprint density at radius 3 is 2.80 bits per heavy atom. The number of pyridine rings is 1. The van der Waals surface area contributed by atoms with Crippen molar-refractivity contribution in [3.63, 3.8) is 0 Å². The average molecular weight is 209 g/mol. The number of hydrogen-bond acceptors (Lipinski definition) is 4. The van der Waals surface area contributed by atoms with Gasteiger partial charge in [-0.1, -0.05) is 6.07 Å². The highest BCUT2D eigenvalue weighted by Gasteiger charge is 2.02. The van der Waals surface area contributed by atoms with Gasteiger partial charge in [0.2, 0.25) is 0 Å². The van der Waals surface area contributed by atoms with E-state index in [4.69, 9.17) is 10.5 Å². The summed E-state index contributed by atoms with van der Waals surface area (Å²) in [6.07, 6.45) is 0.271. The molecule has 0 spiro atoms. The number of nitrogens with two attached hydrogens (primary N) is 1. The van der Waals surface area contributed by atoms with E-state index in [2.05, 4.69) is 4.98 Å². The Morgan fingerprint density at radius 2 is 2.20 bits per heavy atom. The van der Waals surface area contributed by atoms with Gasteiger partial charge in [0.25, 0.3) is 0 Å². The maximum absolute atomic E-state index is 5.60. The predicted molar refractivity (Wildman–Crippen MR) is 63.0 cm³/mol. The molecule has 1 rings (SSSR count). The second-order valence-electron chi connectivity index (χ2n) is 3.76. The van der Waals surface area contributed by atoms with Crippen molar-refractivity contribution >= 4 is 11.6 Å². The van der Waals surface area contributed by atoms with E-state index < -0.39 is 0 Å². The van der Waals surface area contributed by atoms with Crippen LogP contribution in [0.25, 0.3) is 0 Å². The summed E-state index contributed by atoms with van der Waals surface area (Å²) in [5.41, 5.74) is 5.60. The standard InChI is InChI=1S/C11H19N3O/c1-9(2)15-8-7-14(3)11-6-4-5-10(12)13-11/h4-6,9H,7-8H2,1-3H3,(H2,12,13). The fourth-order valence-electron chi connectivity index (χ4n) is 1.19. The van der Waals surface area contributed by atoms with E-state index in [-0.39, 0.29) is 6.10 Å². The van der Waals surface area contributed by atoms with Crippen LogP contribution in [0.15, 0.2) is 18.2 Å². The number of hydrogen-bond donors (Lipinski definition) is 1. The summed E-state index contributed by atoms with van der Waals surface area (Å²) in [6, 6.07) is 5.62. The van der Waals surface area contributed by atoms with E-state index in [0.717, 1.165) is 12.4 Å². The third kappa shape index (κ3) is 4.16. The lowest BCUT2D eigenvalue weighted by atomic mass is 10.4. The lowest BCUT2D eigenvalue weighted by Crippen LogP contribution is -2.24. The molecule has 1 heterocycles. The second-order valence-corrected chi connectivity index (χ2v) is 3.76. The van der Waals surface area contributed by atoms with Gasteiger partial charge < -0.3 is 15.4 Å². The first-order valence-corrected chi connectivity index (χ1v) is 5.15. The molecule has 4 nitrogen and oxygen atoms in total. The van der Waals surface area contributed by atoms with Gasteiger partial charge in [-0.3, -0.25) is 0 Å². The second kappa shape index (κ2) is 5.56. The normalized spacial score (nSPS) is 10.7. The maximum atomic E-state index is 5.60. The number of aromatic nitrogens is 1. The number of ether oxygens (including phenoxy) is 1. The van der Waals surface area contributed by atoms with E-state index in [9.17, 15) is 0 Å². The lowest BCUT2D eigenvalue weighted by Gasteiger charge is -2.19. The molecule has 0 aromatic carbocycles. The van der Waals surface area contributed by atoms with E-state index in [0.29, 0.717) is 12.4 Å². The van der Waals surface area contributed by atoms with Crippen LogP contribution in [0.3, 0.4) is 0 Å². The van der Waals surface area contributed by atoms with E-state index in [1.54, 1.807) is 6.07 Å². The zero-order valence-electron chi connectivity index (χ0n) is 9.60. The fourth-order valence-corrected chi connectivity index (χ4v) is 1.19. The Balaban J connectivity index is 2.43. The molecule has 0 unspecified atom stereocenters. The van der Waals surface area contributed by atoms with Crippen LogP contribution < -0.4 is 10.6 Å². The molecule has 4 heteroatoms. The Kier molecular flexibility index (Phi) is 4.37. The molecule has 0 amide bonds. The number of nitrogen functional groups attached to an aromatic ring is 1.